The van der Waals surface area contributed by atoms with Crippen molar-refractivity contribution in [2.75, 3.05) is 18.4 Å². The summed E-state index contributed by atoms with van der Waals surface area (Å²) in [5.41, 5.74) is 4.86. The molecule has 1 unspecified atom stereocenters. The number of halogens is 4. The van der Waals surface area contributed by atoms with Crippen molar-refractivity contribution in [2.24, 2.45) is 10.7 Å². The standard InChI is InChI=1S/C19H19F4N5O4S/c1-18(33(2,30)31)8-19(22,23)15(28-17(18)24)11-5-10(3-4-12(11)21)27-16(29)13-6-26-14(7-25-13)32-9-20/h3-7,15H,8-9H2,1-2H3,(H2,24,28)(H,27,29)/t15?,18-/m1/s1. The van der Waals surface area contributed by atoms with E-state index >= 15 is 0 Å². The van der Waals surface area contributed by atoms with Gasteiger partial charge in [0.2, 0.25) is 12.7 Å². The van der Waals surface area contributed by atoms with Crippen molar-refractivity contribution in [3.63, 3.8) is 0 Å². The summed E-state index contributed by atoms with van der Waals surface area (Å²) in [7, 11) is -4.05. The van der Waals surface area contributed by atoms with Gasteiger partial charge in [0, 0.05) is 23.9 Å². The highest BCUT2D eigenvalue weighted by atomic mass is 32.2. The van der Waals surface area contributed by atoms with E-state index in [0.29, 0.717) is 0 Å². The van der Waals surface area contributed by atoms with Gasteiger partial charge >= 0.3 is 0 Å². The Kier molecular flexibility index (Phi) is 6.33. The fraction of sp³-hybridized carbons (Fsp3) is 0.368. The summed E-state index contributed by atoms with van der Waals surface area (Å²) < 4.78 is 82.9. The number of ether oxygens (including phenoxy) is 1. The number of amidine groups is 1. The number of aromatic nitrogens is 2. The van der Waals surface area contributed by atoms with Crippen LogP contribution in [-0.4, -0.2) is 53.9 Å². The summed E-state index contributed by atoms with van der Waals surface area (Å²) in [4.78, 5) is 23.4. The molecule has 0 bridgehead atoms. The van der Waals surface area contributed by atoms with Crippen molar-refractivity contribution < 1.29 is 35.5 Å². The minimum Gasteiger partial charge on any atom is -0.445 e. The molecule has 1 amide bonds. The molecule has 0 spiro atoms. The molecular formula is C19H19F4N5O4S. The summed E-state index contributed by atoms with van der Waals surface area (Å²) in [6, 6.07) is 0.807. The molecule has 178 valence electrons. The van der Waals surface area contributed by atoms with Crippen LogP contribution in [0.2, 0.25) is 0 Å². The number of carbonyl (C=O) groups is 1. The molecule has 0 saturated carbocycles. The van der Waals surface area contributed by atoms with Gasteiger partial charge in [-0.25, -0.2) is 35.9 Å². The highest BCUT2D eigenvalue weighted by molar-refractivity contribution is 7.92. The second-order valence-corrected chi connectivity index (χ2v) is 9.99. The largest absolute Gasteiger partial charge is 0.445 e. The van der Waals surface area contributed by atoms with Crippen molar-refractivity contribution in [1.82, 2.24) is 9.97 Å². The van der Waals surface area contributed by atoms with Crippen LogP contribution in [-0.2, 0) is 9.84 Å². The normalized spacial score (nSPS) is 22.4. The van der Waals surface area contributed by atoms with Crippen LogP contribution in [0.1, 0.15) is 35.4 Å². The lowest BCUT2D eigenvalue weighted by Crippen LogP contribution is -2.55. The number of anilines is 1. The number of aliphatic imine (C=N–C) groups is 1. The Labute approximate surface area is 186 Å². The van der Waals surface area contributed by atoms with E-state index < -0.39 is 63.0 Å². The molecular weight excluding hydrogens is 470 g/mol. The molecule has 2 heterocycles. The topological polar surface area (TPSA) is 137 Å². The maximum atomic E-state index is 15.0. The first-order chi connectivity index (χ1) is 15.3. The minimum atomic E-state index is -4.05. The number of carbonyl (C=O) groups excluding carboxylic acids is 1. The van der Waals surface area contributed by atoms with Crippen molar-refractivity contribution in [2.45, 2.75) is 30.1 Å². The lowest BCUT2D eigenvalue weighted by atomic mass is 9.88. The lowest BCUT2D eigenvalue weighted by Gasteiger charge is -2.38. The van der Waals surface area contributed by atoms with E-state index in [1.807, 2.05) is 0 Å². The third-order valence-electron chi connectivity index (χ3n) is 5.21. The SMILES string of the molecule is C[C@@]1(S(C)(=O)=O)CC(F)(F)C(c2cc(NC(=O)c3cnc(OCF)cn3)ccc2F)N=C1N. The van der Waals surface area contributed by atoms with E-state index in [1.165, 1.54) is 0 Å². The van der Waals surface area contributed by atoms with Crippen LogP contribution in [0, 0.1) is 5.82 Å². The van der Waals surface area contributed by atoms with Crippen LogP contribution < -0.4 is 15.8 Å². The molecule has 1 aromatic carbocycles. The van der Waals surface area contributed by atoms with Gasteiger partial charge in [0.25, 0.3) is 11.8 Å². The van der Waals surface area contributed by atoms with Gasteiger partial charge in [0.15, 0.2) is 9.84 Å². The molecule has 0 radical (unpaired) electrons. The fourth-order valence-corrected chi connectivity index (χ4v) is 4.10. The zero-order valence-corrected chi connectivity index (χ0v) is 18.2. The van der Waals surface area contributed by atoms with Crippen LogP contribution in [0.15, 0.2) is 35.6 Å². The number of amides is 1. The summed E-state index contributed by atoms with van der Waals surface area (Å²) in [6.07, 6.45) is 1.57. The molecule has 33 heavy (non-hydrogen) atoms. The van der Waals surface area contributed by atoms with E-state index in [9.17, 15) is 30.8 Å². The third-order valence-corrected chi connectivity index (χ3v) is 7.20. The Balaban J connectivity index is 1.92. The molecule has 0 fully saturated rings. The van der Waals surface area contributed by atoms with Gasteiger partial charge in [-0.1, -0.05) is 0 Å². The monoisotopic (exact) mass is 489 g/mol. The highest BCUT2D eigenvalue weighted by Crippen LogP contribution is 2.47. The zero-order chi connectivity index (χ0) is 24.6. The number of benzene rings is 1. The number of sulfone groups is 1. The van der Waals surface area contributed by atoms with Gasteiger partial charge in [-0.05, 0) is 25.1 Å². The first-order valence-corrected chi connectivity index (χ1v) is 11.2. The van der Waals surface area contributed by atoms with E-state index in [-0.39, 0.29) is 17.3 Å². The number of hydrogen-bond acceptors (Lipinski definition) is 8. The van der Waals surface area contributed by atoms with Gasteiger partial charge in [0.05, 0.1) is 12.4 Å². The number of alkyl halides is 3. The summed E-state index contributed by atoms with van der Waals surface area (Å²) in [5.74, 6) is -6.35. The Hall–Kier alpha value is -3.29. The third kappa shape index (κ3) is 4.74. The van der Waals surface area contributed by atoms with E-state index in [1.54, 1.807) is 0 Å². The van der Waals surface area contributed by atoms with Crippen LogP contribution in [0.25, 0.3) is 0 Å². The molecule has 1 aliphatic rings. The maximum Gasteiger partial charge on any atom is 0.276 e. The maximum absolute atomic E-state index is 15.0. The molecule has 3 rings (SSSR count). The molecule has 2 aromatic rings. The van der Waals surface area contributed by atoms with E-state index in [0.717, 1.165) is 43.8 Å². The Morgan fingerprint density at radius 3 is 2.58 bits per heavy atom. The van der Waals surface area contributed by atoms with Gasteiger partial charge < -0.3 is 15.8 Å². The molecule has 0 saturated heterocycles. The Morgan fingerprint density at radius 2 is 2.00 bits per heavy atom. The van der Waals surface area contributed by atoms with Crippen molar-refractivity contribution in [1.29, 1.82) is 0 Å². The van der Waals surface area contributed by atoms with Crippen LogP contribution >= 0.6 is 0 Å². The number of hydrogen-bond donors (Lipinski definition) is 2. The smallest absolute Gasteiger partial charge is 0.276 e. The molecule has 14 heteroatoms. The minimum absolute atomic E-state index is 0.0664. The van der Waals surface area contributed by atoms with Gasteiger partial charge in [0.1, 0.15) is 28.1 Å². The second-order valence-electron chi connectivity index (χ2n) is 7.54. The number of rotatable bonds is 6. The molecule has 1 aliphatic heterocycles. The van der Waals surface area contributed by atoms with Crippen molar-refractivity contribution in [3.05, 3.63) is 47.7 Å². The predicted molar refractivity (Wildman–Crippen MR) is 110 cm³/mol. The molecule has 2 atom stereocenters. The van der Waals surface area contributed by atoms with Crippen LogP contribution in [0.4, 0.5) is 23.2 Å². The molecule has 0 aliphatic carbocycles. The summed E-state index contributed by atoms with van der Waals surface area (Å²) in [5, 5.41) is 2.35. The Bertz CT molecular complexity index is 1210. The molecule has 3 N–H and O–H groups in total. The molecule has 9 nitrogen and oxygen atoms in total. The van der Waals surface area contributed by atoms with Crippen molar-refractivity contribution in [3.8, 4) is 5.88 Å². The first-order valence-electron chi connectivity index (χ1n) is 9.31. The number of nitrogens with two attached hydrogens (primary N) is 1. The first kappa shape index (κ1) is 24.4. The second kappa shape index (κ2) is 8.57. The summed E-state index contributed by atoms with van der Waals surface area (Å²) >= 11 is 0. The van der Waals surface area contributed by atoms with E-state index in [4.69, 9.17) is 5.73 Å². The average Bonchev–Trinajstić information content (AvgIpc) is 2.72. The lowest BCUT2D eigenvalue weighted by molar-refractivity contribution is -0.0432. The zero-order valence-electron chi connectivity index (χ0n) is 17.4. The Morgan fingerprint density at radius 1 is 1.30 bits per heavy atom. The molecule has 1 aromatic heterocycles. The quantitative estimate of drug-likeness (QED) is 0.595. The number of nitrogens with zero attached hydrogens (tertiary/aromatic N) is 3. The van der Waals surface area contributed by atoms with Crippen molar-refractivity contribution >= 4 is 27.3 Å². The average molecular weight is 489 g/mol. The van der Waals surface area contributed by atoms with Gasteiger partial charge in [-0.2, -0.15) is 0 Å². The van der Waals surface area contributed by atoms with Gasteiger partial charge in [-0.15, -0.1) is 0 Å². The fourth-order valence-electron chi connectivity index (χ4n) is 3.22. The summed E-state index contributed by atoms with van der Waals surface area (Å²) in [6.45, 7) is -0.107. The van der Waals surface area contributed by atoms with Crippen LogP contribution in [0.3, 0.4) is 0 Å². The van der Waals surface area contributed by atoms with Gasteiger partial charge in [-0.3, -0.25) is 9.79 Å². The highest BCUT2D eigenvalue weighted by Gasteiger charge is 2.56. The van der Waals surface area contributed by atoms with E-state index in [2.05, 4.69) is 25.0 Å². The van der Waals surface area contributed by atoms with Crippen LogP contribution in [0.5, 0.6) is 5.88 Å². The number of nitrogens with one attached hydrogen (secondary N) is 1. The predicted octanol–water partition coefficient (Wildman–Crippen LogP) is 2.41.